The number of anilines is 1. The van der Waals surface area contributed by atoms with Crippen molar-refractivity contribution in [1.82, 2.24) is 4.90 Å². The normalized spacial score (nSPS) is 21.2. The maximum atomic E-state index is 12.9. The predicted octanol–water partition coefficient (Wildman–Crippen LogP) is 1.98. The number of amides is 1. The summed E-state index contributed by atoms with van der Waals surface area (Å²) in [6.07, 6.45) is 1.97. The average molecular weight is 408 g/mol. The molecule has 9 heteroatoms. The van der Waals surface area contributed by atoms with Crippen molar-refractivity contribution < 1.29 is 22.5 Å². The van der Waals surface area contributed by atoms with Crippen molar-refractivity contribution in [2.24, 2.45) is 0 Å². The molecule has 154 valence electrons. The quantitative estimate of drug-likeness (QED) is 0.754. The first-order valence-electron chi connectivity index (χ1n) is 9.74. The third-order valence-corrected chi connectivity index (χ3v) is 7.08. The van der Waals surface area contributed by atoms with E-state index >= 15 is 0 Å². The number of likely N-dealkylation sites (tertiary alicyclic amines) is 1. The standard InChI is InChI=1S/C19H29BN2O5S/c1-6-28(24,25)21-16-12-14(17(23)22-9-7-8-10-22)11-15(13-16)20-26-18(2,3)19(4,5)27-20/h11-13,21H,6-10H2,1-5H3. The molecule has 28 heavy (non-hydrogen) atoms. The minimum atomic E-state index is -3.48. The fourth-order valence-electron chi connectivity index (χ4n) is 3.30. The van der Waals surface area contributed by atoms with Crippen molar-refractivity contribution in [2.75, 3.05) is 23.6 Å². The number of benzene rings is 1. The molecule has 2 fully saturated rings. The van der Waals surface area contributed by atoms with Crippen LogP contribution in [-0.4, -0.2) is 56.4 Å². The number of rotatable bonds is 5. The van der Waals surface area contributed by atoms with E-state index in [1.807, 2.05) is 27.7 Å². The fraction of sp³-hybridized carbons (Fsp3) is 0.632. The summed E-state index contributed by atoms with van der Waals surface area (Å²) in [4.78, 5) is 14.7. The Balaban J connectivity index is 1.99. The second kappa shape index (κ2) is 7.35. The van der Waals surface area contributed by atoms with Gasteiger partial charge >= 0.3 is 7.12 Å². The summed E-state index contributed by atoms with van der Waals surface area (Å²) in [6.45, 7) is 10.8. The van der Waals surface area contributed by atoms with Crippen molar-refractivity contribution in [3.63, 3.8) is 0 Å². The second-order valence-electron chi connectivity index (χ2n) is 8.44. The molecule has 2 saturated heterocycles. The highest BCUT2D eigenvalue weighted by Gasteiger charge is 2.51. The molecular weight excluding hydrogens is 379 g/mol. The molecule has 0 aromatic heterocycles. The van der Waals surface area contributed by atoms with Gasteiger partial charge in [0.25, 0.3) is 5.91 Å². The van der Waals surface area contributed by atoms with Crippen LogP contribution in [0.5, 0.6) is 0 Å². The minimum absolute atomic E-state index is 0.0525. The summed E-state index contributed by atoms with van der Waals surface area (Å²) in [5.74, 6) is -0.156. The van der Waals surface area contributed by atoms with E-state index in [4.69, 9.17) is 9.31 Å². The number of carbonyl (C=O) groups is 1. The van der Waals surface area contributed by atoms with E-state index in [1.165, 1.54) is 0 Å². The number of sulfonamides is 1. The number of nitrogens with zero attached hydrogens (tertiary/aromatic N) is 1. The Morgan fingerprint density at radius 3 is 2.21 bits per heavy atom. The van der Waals surface area contributed by atoms with Crippen molar-refractivity contribution in [1.29, 1.82) is 0 Å². The minimum Gasteiger partial charge on any atom is -0.399 e. The Labute approximate surface area is 168 Å². The van der Waals surface area contributed by atoms with E-state index in [0.29, 0.717) is 16.7 Å². The maximum Gasteiger partial charge on any atom is 0.494 e. The summed E-state index contributed by atoms with van der Waals surface area (Å²) in [7, 11) is -4.16. The van der Waals surface area contributed by atoms with E-state index in [9.17, 15) is 13.2 Å². The number of hydrogen-bond donors (Lipinski definition) is 1. The van der Waals surface area contributed by atoms with Gasteiger partial charge in [-0.15, -0.1) is 0 Å². The van der Waals surface area contributed by atoms with Gasteiger partial charge in [0, 0.05) is 24.3 Å². The monoisotopic (exact) mass is 408 g/mol. The van der Waals surface area contributed by atoms with Crippen molar-refractivity contribution in [2.45, 2.75) is 58.7 Å². The molecule has 0 bridgehead atoms. The second-order valence-corrected chi connectivity index (χ2v) is 10.4. The molecule has 1 aromatic carbocycles. The molecule has 2 heterocycles. The first kappa shape index (κ1) is 21.1. The molecule has 0 radical (unpaired) electrons. The Kier molecular flexibility index (Phi) is 5.55. The van der Waals surface area contributed by atoms with Crippen molar-refractivity contribution in [3.05, 3.63) is 23.8 Å². The predicted molar refractivity (Wildman–Crippen MR) is 110 cm³/mol. The van der Waals surface area contributed by atoms with Crippen molar-refractivity contribution >= 4 is 34.2 Å². The molecule has 2 aliphatic rings. The zero-order chi connectivity index (χ0) is 20.7. The third kappa shape index (κ3) is 4.21. The molecule has 0 unspecified atom stereocenters. The number of carbonyl (C=O) groups excluding carboxylic acids is 1. The lowest BCUT2D eigenvalue weighted by molar-refractivity contribution is 0.00578. The highest BCUT2D eigenvalue weighted by atomic mass is 32.2. The molecule has 7 nitrogen and oxygen atoms in total. The summed E-state index contributed by atoms with van der Waals surface area (Å²) in [5.41, 5.74) is 0.336. The molecule has 2 aliphatic heterocycles. The van der Waals surface area contributed by atoms with Gasteiger partial charge in [-0.25, -0.2) is 8.42 Å². The van der Waals surface area contributed by atoms with Crippen LogP contribution in [0.4, 0.5) is 5.69 Å². The number of nitrogens with one attached hydrogen (secondary N) is 1. The van der Waals surface area contributed by atoms with Crippen LogP contribution in [0.2, 0.25) is 0 Å². The van der Waals surface area contributed by atoms with Gasteiger partial charge in [-0.2, -0.15) is 0 Å². The van der Waals surface area contributed by atoms with Crippen LogP contribution in [-0.2, 0) is 19.3 Å². The van der Waals surface area contributed by atoms with Gasteiger partial charge in [0.2, 0.25) is 10.0 Å². The molecule has 0 spiro atoms. The Morgan fingerprint density at radius 2 is 1.68 bits per heavy atom. The van der Waals surface area contributed by atoms with Crippen LogP contribution in [0.25, 0.3) is 0 Å². The van der Waals surface area contributed by atoms with Gasteiger partial charge in [-0.3, -0.25) is 9.52 Å². The zero-order valence-electron chi connectivity index (χ0n) is 17.2. The lowest BCUT2D eigenvalue weighted by Crippen LogP contribution is -2.41. The van der Waals surface area contributed by atoms with E-state index < -0.39 is 28.3 Å². The maximum absolute atomic E-state index is 12.9. The Morgan fingerprint density at radius 1 is 1.11 bits per heavy atom. The summed E-state index contributed by atoms with van der Waals surface area (Å²) >= 11 is 0. The lowest BCUT2D eigenvalue weighted by Gasteiger charge is -2.32. The summed E-state index contributed by atoms with van der Waals surface area (Å²) in [6, 6.07) is 5.01. The molecule has 1 aromatic rings. The molecule has 1 N–H and O–H groups in total. The van der Waals surface area contributed by atoms with Gasteiger partial charge in [0.15, 0.2) is 0 Å². The van der Waals surface area contributed by atoms with Crippen LogP contribution in [0, 0.1) is 0 Å². The highest BCUT2D eigenvalue weighted by molar-refractivity contribution is 7.92. The molecule has 0 saturated carbocycles. The van der Waals surface area contributed by atoms with Crippen LogP contribution in [0.15, 0.2) is 18.2 Å². The van der Waals surface area contributed by atoms with E-state index in [1.54, 1.807) is 30.0 Å². The zero-order valence-corrected chi connectivity index (χ0v) is 18.1. The largest absolute Gasteiger partial charge is 0.494 e. The fourth-order valence-corrected chi connectivity index (χ4v) is 3.93. The van der Waals surface area contributed by atoms with Gasteiger partial charge in [-0.1, -0.05) is 0 Å². The molecule has 0 atom stereocenters. The van der Waals surface area contributed by atoms with Gasteiger partial charge < -0.3 is 14.2 Å². The first-order chi connectivity index (χ1) is 12.9. The topological polar surface area (TPSA) is 84.9 Å². The summed E-state index contributed by atoms with van der Waals surface area (Å²) < 4.78 is 38.9. The van der Waals surface area contributed by atoms with E-state index in [0.717, 1.165) is 25.9 Å². The average Bonchev–Trinajstić information content (AvgIpc) is 3.20. The van der Waals surface area contributed by atoms with Crippen molar-refractivity contribution in [3.8, 4) is 0 Å². The van der Waals surface area contributed by atoms with Crippen LogP contribution in [0.1, 0.15) is 57.8 Å². The molecule has 1 amide bonds. The number of hydrogen-bond acceptors (Lipinski definition) is 5. The van der Waals surface area contributed by atoms with Crippen LogP contribution in [0.3, 0.4) is 0 Å². The van der Waals surface area contributed by atoms with Crippen LogP contribution < -0.4 is 10.2 Å². The van der Waals surface area contributed by atoms with E-state index in [-0.39, 0.29) is 11.7 Å². The molecule has 3 rings (SSSR count). The summed E-state index contributed by atoms with van der Waals surface area (Å²) in [5, 5.41) is 0. The first-order valence-corrected chi connectivity index (χ1v) is 11.4. The van der Waals surface area contributed by atoms with Gasteiger partial charge in [0.05, 0.1) is 17.0 Å². The van der Waals surface area contributed by atoms with Crippen LogP contribution >= 0.6 is 0 Å². The van der Waals surface area contributed by atoms with E-state index in [2.05, 4.69) is 4.72 Å². The molecule has 0 aliphatic carbocycles. The van der Waals surface area contributed by atoms with Gasteiger partial charge in [-0.05, 0) is 71.1 Å². The lowest BCUT2D eigenvalue weighted by atomic mass is 9.78. The third-order valence-electron chi connectivity index (χ3n) is 5.77. The SMILES string of the molecule is CCS(=O)(=O)Nc1cc(B2OC(C)(C)C(C)(C)O2)cc(C(=O)N2CCCC2)c1. The Bertz CT molecular complexity index is 847. The Hall–Kier alpha value is -1.58. The molecular formula is C19H29BN2O5S. The highest BCUT2D eigenvalue weighted by Crippen LogP contribution is 2.36. The smallest absolute Gasteiger partial charge is 0.399 e. The van der Waals surface area contributed by atoms with Gasteiger partial charge in [0.1, 0.15) is 0 Å².